The van der Waals surface area contributed by atoms with E-state index in [1.54, 1.807) is 42.5 Å². The maximum atomic E-state index is 12.8. The van der Waals surface area contributed by atoms with Crippen molar-refractivity contribution in [1.29, 1.82) is 0 Å². The number of sulfone groups is 1. The predicted molar refractivity (Wildman–Crippen MR) is 105 cm³/mol. The monoisotopic (exact) mass is 395 g/mol. The van der Waals surface area contributed by atoms with Gasteiger partial charge >= 0.3 is 0 Å². The molecule has 0 aromatic heterocycles. The lowest BCUT2D eigenvalue weighted by Crippen LogP contribution is -2.42. The summed E-state index contributed by atoms with van der Waals surface area (Å²) in [5.74, 6) is -0.358. The van der Waals surface area contributed by atoms with E-state index in [2.05, 4.69) is 0 Å². The molecule has 0 heterocycles. The molecule has 2 rings (SSSR count). The lowest BCUT2D eigenvalue weighted by atomic mass is 10.2. The first-order valence-electron chi connectivity index (χ1n) is 8.20. The predicted octanol–water partition coefficient (Wildman–Crippen LogP) is 3.71. The zero-order valence-corrected chi connectivity index (χ0v) is 16.5. The van der Waals surface area contributed by atoms with Gasteiger partial charge in [-0.25, -0.2) is 8.42 Å². The number of benzene rings is 2. The molecule has 140 valence electrons. The molecular formula is C19H22ClNO4S. The van der Waals surface area contributed by atoms with Gasteiger partial charge in [-0.3, -0.25) is 4.79 Å². The summed E-state index contributed by atoms with van der Waals surface area (Å²) in [6.07, 6.45) is 0. The van der Waals surface area contributed by atoms with Crippen LogP contribution < -0.4 is 9.64 Å². The molecule has 0 aliphatic rings. The molecule has 0 bridgehead atoms. The molecular weight excluding hydrogens is 374 g/mol. The Morgan fingerprint density at radius 2 is 1.85 bits per heavy atom. The summed E-state index contributed by atoms with van der Waals surface area (Å²) < 4.78 is 30.9. The number of ether oxygens (including phenoxy) is 1. The van der Waals surface area contributed by atoms with Gasteiger partial charge in [0.05, 0.1) is 12.9 Å². The van der Waals surface area contributed by atoms with Crippen molar-refractivity contribution in [2.75, 3.05) is 18.6 Å². The summed E-state index contributed by atoms with van der Waals surface area (Å²) in [4.78, 5) is 14.3. The van der Waals surface area contributed by atoms with Crippen LogP contribution in [0.5, 0.6) is 5.75 Å². The SMILES string of the molecule is CCN(C(=O)C(C)S(=O)(=O)Cc1cc(Cl)ccc1OC)c1ccccc1. The Hall–Kier alpha value is -2.05. The number of halogens is 1. The van der Waals surface area contributed by atoms with Crippen LogP contribution in [0.15, 0.2) is 48.5 Å². The van der Waals surface area contributed by atoms with Crippen LogP contribution in [0.1, 0.15) is 19.4 Å². The fourth-order valence-electron chi connectivity index (χ4n) is 2.65. The van der Waals surface area contributed by atoms with E-state index in [0.717, 1.165) is 0 Å². The van der Waals surface area contributed by atoms with Gasteiger partial charge in [-0.2, -0.15) is 0 Å². The molecule has 1 amide bonds. The summed E-state index contributed by atoms with van der Waals surface area (Å²) in [5.41, 5.74) is 1.10. The Balaban J connectivity index is 2.28. The number of carbonyl (C=O) groups is 1. The third-order valence-electron chi connectivity index (χ3n) is 4.14. The van der Waals surface area contributed by atoms with Crippen LogP contribution in [0.25, 0.3) is 0 Å². The molecule has 2 aromatic carbocycles. The number of amides is 1. The zero-order chi connectivity index (χ0) is 19.3. The molecule has 0 fully saturated rings. The third-order valence-corrected chi connectivity index (χ3v) is 6.36. The second-order valence-corrected chi connectivity index (χ2v) is 8.58. The number of rotatable bonds is 7. The fourth-order valence-corrected chi connectivity index (χ4v) is 4.19. The fraction of sp³-hybridized carbons (Fsp3) is 0.316. The van der Waals surface area contributed by atoms with Gasteiger partial charge in [-0.1, -0.05) is 29.8 Å². The molecule has 0 saturated carbocycles. The molecule has 26 heavy (non-hydrogen) atoms. The average Bonchev–Trinajstić information content (AvgIpc) is 2.62. The van der Waals surface area contributed by atoms with E-state index >= 15 is 0 Å². The highest BCUT2D eigenvalue weighted by Gasteiger charge is 2.32. The normalized spacial score (nSPS) is 12.5. The smallest absolute Gasteiger partial charge is 0.245 e. The summed E-state index contributed by atoms with van der Waals surface area (Å²) in [6, 6.07) is 13.8. The Bertz CT molecular complexity index is 868. The molecule has 0 radical (unpaired) electrons. The maximum absolute atomic E-state index is 12.8. The van der Waals surface area contributed by atoms with Gasteiger partial charge in [0.15, 0.2) is 9.84 Å². The molecule has 0 aliphatic carbocycles. The van der Waals surface area contributed by atoms with E-state index in [4.69, 9.17) is 16.3 Å². The number of hydrogen-bond donors (Lipinski definition) is 0. The molecule has 1 unspecified atom stereocenters. The molecule has 0 aliphatic heterocycles. The van der Waals surface area contributed by atoms with Crippen LogP contribution in [-0.4, -0.2) is 33.2 Å². The summed E-state index contributed by atoms with van der Waals surface area (Å²) >= 11 is 5.97. The number of para-hydroxylation sites is 1. The molecule has 0 N–H and O–H groups in total. The Morgan fingerprint density at radius 3 is 2.42 bits per heavy atom. The topological polar surface area (TPSA) is 63.7 Å². The summed E-state index contributed by atoms with van der Waals surface area (Å²) in [6.45, 7) is 3.60. The number of nitrogens with zero attached hydrogens (tertiary/aromatic N) is 1. The largest absolute Gasteiger partial charge is 0.496 e. The van der Waals surface area contributed by atoms with Gasteiger partial charge < -0.3 is 9.64 Å². The molecule has 2 aromatic rings. The van der Waals surface area contributed by atoms with Gasteiger partial charge in [0.2, 0.25) is 5.91 Å². The van der Waals surface area contributed by atoms with Crippen molar-refractivity contribution < 1.29 is 17.9 Å². The van der Waals surface area contributed by atoms with Crippen LogP contribution in [0.4, 0.5) is 5.69 Å². The number of anilines is 1. The van der Waals surface area contributed by atoms with Crippen LogP contribution in [0.3, 0.4) is 0 Å². The molecule has 7 heteroatoms. The van der Waals surface area contributed by atoms with E-state index in [9.17, 15) is 13.2 Å². The van der Waals surface area contributed by atoms with E-state index in [1.165, 1.54) is 18.9 Å². The lowest BCUT2D eigenvalue weighted by Gasteiger charge is -2.24. The highest BCUT2D eigenvalue weighted by Crippen LogP contribution is 2.26. The van der Waals surface area contributed by atoms with Crippen molar-refractivity contribution in [1.82, 2.24) is 0 Å². The lowest BCUT2D eigenvalue weighted by molar-refractivity contribution is -0.117. The average molecular weight is 396 g/mol. The van der Waals surface area contributed by atoms with Crippen LogP contribution >= 0.6 is 11.6 Å². The minimum atomic E-state index is -3.75. The standard InChI is InChI=1S/C19H22ClNO4S/c1-4-21(17-8-6-5-7-9-17)19(22)14(2)26(23,24)13-15-12-16(20)10-11-18(15)25-3/h5-12,14H,4,13H2,1-3H3. The first-order chi connectivity index (χ1) is 12.3. The number of hydrogen-bond acceptors (Lipinski definition) is 4. The third kappa shape index (κ3) is 4.56. The molecule has 0 spiro atoms. The van der Waals surface area contributed by atoms with E-state index in [-0.39, 0.29) is 5.75 Å². The van der Waals surface area contributed by atoms with Crippen molar-refractivity contribution in [2.24, 2.45) is 0 Å². The van der Waals surface area contributed by atoms with Gasteiger partial charge in [0.25, 0.3) is 0 Å². The Kier molecular flexibility index (Phi) is 6.67. The first kappa shape index (κ1) is 20.3. The van der Waals surface area contributed by atoms with Crippen molar-refractivity contribution in [3.63, 3.8) is 0 Å². The van der Waals surface area contributed by atoms with E-state index in [1.807, 2.05) is 13.0 Å². The van der Waals surface area contributed by atoms with Crippen molar-refractivity contribution in [2.45, 2.75) is 24.9 Å². The van der Waals surface area contributed by atoms with Crippen molar-refractivity contribution >= 4 is 33.0 Å². The van der Waals surface area contributed by atoms with Crippen LogP contribution in [0.2, 0.25) is 5.02 Å². The van der Waals surface area contributed by atoms with Gasteiger partial charge in [-0.15, -0.1) is 0 Å². The van der Waals surface area contributed by atoms with Gasteiger partial charge in [0, 0.05) is 22.8 Å². The van der Waals surface area contributed by atoms with Crippen LogP contribution in [0, 0.1) is 0 Å². The van der Waals surface area contributed by atoms with Crippen molar-refractivity contribution in [3.05, 3.63) is 59.1 Å². The Labute approximate surface area is 159 Å². The molecule has 0 saturated heterocycles. The van der Waals surface area contributed by atoms with E-state index < -0.39 is 21.0 Å². The van der Waals surface area contributed by atoms with Crippen LogP contribution in [-0.2, 0) is 20.4 Å². The first-order valence-corrected chi connectivity index (χ1v) is 10.3. The second kappa shape index (κ2) is 8.56. The summed E-state index contributed by atoms with van der Waals surface area (Å²) in [5, 5.41) is -0.777. The Morgan fingerprint density at radius 1 is 1.19 bits per heavy atom. The van der Waals surface area contributed by atoms with Gasteiger partial charge in [0.1, 0.15) is 11.0 Å². The number of carbonyl (C=O) groups excluding carboxylic acids is 1. The zero-order valence-electron chi connectivity index (χ0n) is 15.0. The highest BCUT2D eigenvalue weighted by atomic mass is 35.5. The maximum Gasteiger partial charge on any atom is 0.245 e. The minimum absolute atomic E-state index is 0.323. The minimum Gasteiger partial charge on any atom is -0.496 e. The molecule has 1 atom stereocenters. The van der Waals surface area contributed by atoms with Gasteiger partial charge in [-0.05, 0) is 44.2 Å². The quantitative estimate of drug-likeness (QED) is 0.717. The van der Waals surface area contributed by atoms with Crippen molar-refractivity contribution in [3.8, 4) is 5.75 Å². The highest BCUT2D eigenvalue weighted by molar-refractivity contribution is 7.92. The summed E-state index contributed by atoms with van der Waals surface area (Å²) in [7, 11) is -2.29. The number of methoxy groups -OCH3 is 1. The second-order valence-electron chi connectivity index (χ2n) is 5.82. The molecule has 5 nitrogen and oxygen atoms in total. The van der Waals surface area contributed by atoms with E-state index in [0.29, 0.717) is 28.6 Å².